The van der Waals surface area contributed by atoms with E-state index >= 15 is 0 Å². The first kappa shape index (κ1) is 14.9. The minimum absolute atomic E-state index is 0.456. The molecule has 0 amide bonds. The molecule has 0 aliphatic rings. The molecule has 0 unspecified atom stereocenters. The van der Waals surface area contributed by atoms with Crippen molar-refractivity contribution in [3.05, 3.63) is 23.9 Å². The van der Waals surface area contributed by atoms with Crippen molar-refractivity contribution in [3.63, 3.8) is 0 Å². The third kappa shape index (κ3) is 3.95. The molecule has 0 saturated carbocycles. The molecule has 0 radical (unpaired) electrons. The largest absolute Gasteiger partial charge is 0.417 e. The van der Waals surface area contributed by atoms with E-state index in [-0.39, 0.29) is 0 Å². The number of halogens is 3. The number of rotatable bonds is 3. The molecule has 0 atom stereocenters. The van der Waals surface area contributed by atoms with Gasteiger partial charge in [0.1, 0.15) is 0 Å². The van der Waals surface area contributed by atoms with Crippen molar-refractivity contribution in [2.75, 3.05) is 5.75 Å². The molecule has 1 aromatic heterocycles. The van der Waals surface area contributed by atoms with Crippen LogP contribution in [0.5, 0.6) is 0 Å². The van der Waals surface area contributed by atoms with Crippen molar-refractivity contribution in [2.45, 2.75) is 30.7 Å². The van der Waals surface area contributed by atoms with Gasteiger partial charge in [0, 0.05) is 6.20 Å². The van der Waals surface area contributed by atoms with Crippen LogP contribution in [0.25, 0.3) is 0 Å². The zero-order valence-electron chi connectivity index (χ0n) is 9.69. The molecule has 1 aromatic rings. The molecule has 0 bridgehead atoms. The van der Waals surface area contributed by atoms with Crippen LogP contribution in [-0.4, -0.2) is 29.9 Å². The van der Waals surface area contributed by atoms with Gasteiger partial charge in [0.05, 0.1) is 16.9 Å². The molecule has 0 fully saturated rings. The third-order valence-corrected chi connectivity index (χ3v) is 3.89. The van der Waals surface area contributed by atoms with Gasteiger partial charge in [-0.2, -0.15) is 13.2 Å². The molecule has 18 heavy (non-hydrogen) atoms. The van der Waals surface area contributed by atoms with E-state index in [2.05, 4.69) is 4.98 Å². The van der Waals surface area contributed by atoms with Gasteiger partial charge in [-0.05, 0) is 26.0 Å². The maximum atomic E-state index is 12.3. The maximum Gasteiger partial charge on any atom is 0.417 e. The summed E-state index contributed by atoms with van der Waals surface area (Å²) in [5.74, 6) is -0.613. The monoisotopic (exact) mass is 283 g/mol. The Labute approximate surface area is 102 Å². The summed E-state index contributed by atoms with van der Waals surface area (Å²) in [4.78, 5) is 3.28. The number of alkyl halides is 3. The molecule has 0 spiro atoms. The van der Waals surface area contributed by atoms with E-state index < -0.39 is 38.0 Å². The van der Waals surface area contributed by atoms with Crippen molar-refractivity contribution in [1.29, 1.82) is 0 Å². The Morgan fingerprint density at radius 3 is 2.17 bits per heavy atom. The molecular formula is C10H12F3NO3S. The summed E-state index contributed by atoms with van der Waals surface area (Å²) in [5.41, 5.74) is -2.51. The fourth-order valence-corrected chi connectivity index (χ4v) is 2.84. The number of nitrogens with zero attached hydrogens (tertiary/aromatic N) is 1. The predicted octanol–water partition coefficient (Wildman–Crippen LogP) is 1.65. The van der Waals surface area contributed by atoms with E-state index in [1.54, 1.807) is 0 Å². The van der Waals surface area contributed by atoms with Crippen LogP contribution in [0.4, 0.5) is 13.2 Å². The summed E-state index contributed by atoms with van der Waals surface area (Å²) in [6.45, 7) is 2.57. The van der Waals surface area contributed by atoms with E-state index in [9.17, 15) is 26.7 Å². The van der Waals surface area contributed by atoms with Gasteiger partial charge in [-0.3, -0.25) is 0 Å². The Hall–Kier alpha value is -1.15. The Balaban J connectivity index is 3.06. The lowest BCUT2D eigenvalue weighted by Gasteiger charge is -2.16. The minimum Gasteiger partial charge on any atom is -0.389 e. The van der Waals surface area contributed by atoms with Crippen LogP contribution in [0.15, 0.2) is 23.4 Å². The molecule has 1 heterocycles. The average Bonchev–Trinajstić information content (AvgIpc) is 2.13. The molecule has 0 aliphatic carbocycles. The second-order valence-corrected chi connectivity index (χ2v) is 6.39. The summed E-state index contributed by atoms with van der Waals surface area (Å²) in [7, 11) is -3.91. The molecule has 1 N–H and O–H groups in total. The van der Waals surface area contributed by atoms with Crippen molar-refractivity contribution >= 4 is 9.84 Å². The first-order chi connectivity index (χ1) is 7.92. The number of pyridine rings is 1. The Morgan fingerprint density at radius 1 is 1.28 bits per heavy atom. The number of hydrogen-bond donors (Lipinski definition) is 1. The zero-order valence-corrected chi connectivity index (χ0v) is 10.5. The van der Waals surface area contributed by atoms with Gasteiger partial charge in [-0.25, -0.2) is 13.4 Å². The highest BCUT2D eigenvalue weighted by molar-refractivity contribution is 7.91. The number of aromatic nitrogens is 1. The first-order valence-electron chi connectivity index (χ1n) is 4.90. The molecule has 1 rings (SSSR count). The summed E-state index contributed by atoms with van der Waals surface area (Å²) in [6, 6.07) is 1.42. The molecule has 4 nitrogen and oxygen atoms in total. The van der Waals surface area contributed by atoms with E-state index in [0.29, 0.717) is 12.3 Å². The Bertz CT molecular complexity index is 515. The molecule has 0 aromatic carbocycles. The van der Waals surface area contributed by atoms with E-state index in [1.807, 2.05) is 0 Å². The van der Waals surface area contributed by atoms with Crippen LogP contribution in [-0.2, 0) is 16.0 Å². The van der Waals surface area contributed by atoms with Crippen LogP contribution in [0.3, 0.4) is 0 Å². The maximum absolute atomic E-state index is 12.3. The van der Waals surface area contributed by atoms with Crippen molar-refractivity contribution < 1.29 is 26.7 Å². The third-order valence-electron chi connectivity index (χ3n) is 1.93. The fourth-order valence-electron chi connectivity index (χ4n) is 1.27. The van der Waals surface area contributed by atoms with E-state index in [1.165, 1.54) is 13.8 Å². The SMILES string of the molecule is CC(C)(O)CS(=O)(=O)c1ccc(C(F)(F)F)cn1. The number of aliphatic hydroxyl groups is 1. The highest BCUT2D eigenvalue weighted by atomic mass is 32.2. The van der Waals surface area contributed by atoms with Crippen LogP contribution in [0.2, 0.25) is 0 Å². The molecule has 8 heteroatoms. The first-order valence-corrected chi connectivity index (χ1v) is 6.55. The van der Waals surface area contributed by atoms with Crippen LogP contribution >= 0.6 is 0 Å². The van der Waals surface area contributed by atoms with Crippen molar-refractivity contribution in [1.82, 2.24) is 4.98 Å². The molecule has 0 aliphatic heterocycles. The van der Waals surface area contributed by atoms with Gasteiger partial charge in [-0.15, -0.1) is 0 Å². The van der Waals surface area contributed by atoms with Crippen molar-refractivity contribution in [2.24, 2.45) is 0 Å². The van der Waals surface area contributed by atoms with E-state index in [4.69, 9.17) is 0 Å². The minimum atomic E-state index is -4.56. The second-order valence-electron chi connectivity index (χ2n) is 4.45. The van der Waals surface area contributed by atoms with Gasteiger partial charge in [0.25, 0.3) is 0 Å². The highest BCUT2D eigenvalue weighted by Gasteiger charge is 2.32. The predicted molar refractivity (Wildman–Crippen MR) is 57.6 cm³/mol. The summed E-state index contributed by atoms with van der Waals surface area (Å²) >= 11 is 0. The Morgan fingerprint density at radius 2 is 1.83 bits per heavy atom. The average molecular weight is 283 g/mol. The molecular weight excluding hydrogens is 271 g/mol. The summed E-state index contributed by atoms with van der Waals surface area (Å²) in [6.07, 6.45) is -4.11. The van der Waals surface area contributed by atoms with Gasteiger partial charge in [0.15, 0.2) is 14.9 Å². The smallest absolute Gasteiger partial charge is 0.389 e. The molecule has 102 valence electrons. The van der Waals surface area contributed by atoms with Gasteiger partial charge >= 0.3 is 6.18 Å². The van der Waals surface area contributed by atoms with E-state index in [0.717, 1.165) is 6.07 Å². The quantitative estimate of drug-likeness (QED) is 0.915. The number of hydrogen-bond acceptors (Lipinski definition) is 4. The lowest BCUT2D eigenvalue weighted by molar-refractivity contribution is -0.137. The summed E-state index contributed by atoms with van der Waals surface area (Å²) in [5, 5.41) is 8.92. The molecule has 0 saturated heterocycles. The second kappa shape index (κ2) is 4.51. The summed E-state index contributed by atoms with van der Waals surface area (Å²) < 4.78 is 60.2. The van der Waals surface area contributed by atoms with Crippen LogP contribution < -0.4 is 0 Å². The van der Waals surface area contributed by atoms with Crippen LogP contribution in [0.1, 0.15) is 19.4 Å². The number of sulfone groups is 1. The normalized spacial score (nSPS) is 13.7. The zero-order chi connectivity index (χ0) is 14.2. The lowest BCUT2D eigenvalue weighted by atomic mass is 10.2. The standard InChI is InChI=1S/C10H12F3NO3S/c1-9(2,15)6-18(16,17)8-4-3-7(5-14-8)10(11,12)13/h3-5,15H,6H2,1-2H3. The fraction of sp³-hybridized carbons (Fsp3) is 0.500. The highest BCUT2D eigenvalue weighted by Crippen LogP contribution is 2.29. The topological polar surface area (TPSA) is 67.3 Å². The lowest BCUT2D eigenvalue weighted by Crippen LogP contribution is -2.30. The van der Waals surface area contributed by atoms with Gasteiger partial charge < -0.3 is 5.11 Å². The van der Waals surface area contributed by atoms with Gasteiger partial charge in [-0.1, -0.05) is 0 Å². The van der Waals surface area contributed by atoms with Crippen molar-refractivity contribution in [3.8, 4) is 0 Å². The Kier molecular flexibility index (Phi) is 3.73. The van der Waals surface area contributed by atoms with Crippen LogP contribution in [0, 0.1) is 0 Å². The van der Waals surface area contributed by atoms with Gasteiger partial charge in [0.2, 0.25) is 0 Å².